The van der Waals surface area contributed by atoms with Crippen molar-refractivity contribution < 1.29 is 27.0 Å². The standard InChI is InChI=1S/C31H39F2N7O4S/c1-19-17-40(18-25(35)29(19)44-11-12-45(2,42)43)27-7-10-36-16-26(27)39-30-37-15-21(38-30)5-6-24(34)28-22(32)13-20(14-23(28)33)31(41)8-3-4-9-31/h5-7,10,13-16,19,25,29,34,41H,3-4,8-9,11-12,17-18,35H2,1-2H3,(H2,37,38,39)/b6-5-,34-24?. The zero-order valence-electron chi connectivity index (χ0n) is 25.3. The number of ether oxygens (including phenoxy) is 1. The Labute approximate surface area is 261 Å². The second kappa shape index (κ2) is 13.3. The third-order valence-corrected chi connectivity index (χ3v) is 9.29. The van der Waals surface area contributed by atoms with Crippen molar-refractivity contribution in [3.63, 3.8) is 0 Å². The van der Waals surface area contributed by atoms with E-state index in [-0.39, 0.29) is 41.7 Å². The number of aromatic amines is 1. The zero-order chi connectivity index (χ0) is 32.4. The molecule has 1 aliphatic carbocycles. The van der Waals surface area contributed by atoms with E-state index in [2.05, 4.69) is 25.2 Å². The molecule has 0 bridgehead atoms. The van der Waals surface area contributed by atoms with Gasteiger partial charge in [-0.15, -0.1) is 0 Å². The van der Waals surface area contributed by atoms with E-state index in [1.165, 1.54) is 24.6 Å². The average molecular weight is 644 g/mol. The molecule has 1 aromatic carbocycles. The maximum atomic E-state index is 14.9. The number of sulfone groups is 1. The number of nitrogens with zero attached hydrogens (tertiary/aromatic N) is 3. The summed E-state index contributed by atoms with van der Waals surface area (Å²) in [6, 6.07) is 3.76. The van der Waals surface area contributed by atoms with E-state index in [0.717, 1.165) is 30.7 Å². The van der Waals surface area contributed by atoms with E-state index in [0.29, 0.717) is 43.3 Å². The van der Waals surface area contributed by atoms with E-state index in [1.807, 2.05) is 13.0 Å². The summed E-state index contributed by atoms with van der Waals surface area (Å²) in [7, 11) is -3.13. The van der Waals surface area contributed by atoms with E-state index >= 15 is 0 Å². The van der Waals surface area contributed by atoms with Crippen LogP contribution in [0.25, 0.3) is 6.08 Å². The number of aliphatic hydroxyl groups is 1. The molecular weight excluding hydrogens is 604 g/mol. The first-order valence-corrected chi connectivity index (χ1v) is 16.9. The van der Waals surface area contributed by atoms with Gasteiger partial charge in [-0.25, -0.2) is 22.2 Å². The third kappa shape index (κ3) is 7.75. The van der Waals surface area contributed by atoms with Crippen LogP contribution in [0.3, 0.4) is 0 Å². The quantitative estimate of drug-likeness (QED) is 0.195. The van der Waals surface area contributed by atoms with E-state index < -0.39 is 32.6 Å². The smallest absolute Gasteiger partial charge is 0.205 e. The lowest BCUT2D eigenvalue weighted by Gasteiger charge is -2.42. The van der Waals surface area contributed by atoms with E-state index in [4.69, 9.17) is 15.9 Å². The van der Waals surface area contributed by atoms with Crippen molar-refractivity contribution in [1.29, 1.82) is 5.41 Å². The summed E-state index contributed by atoms with van der Waals surface area (Å²) in [5.74, 6) is -1.43. The highest BCUT2D eigenvalue weighted by molar-refractivity contribution is 7.90. The summed E-state index contributed by atoms with van der Waals surface area (Å²) in [4.78, 5) is 13.8. The number of hydrogen-bond acceptors (Lipinski definition) is 10. The van der Waals surface area contributed by atoms with Crippen LogP contribution >= 0.6 is 0 Å². The average Bonchev–Trinajstić information content (AvgIpc) is 3.62. The number of nitrogens with one attached hydrogen (secondary N) is 3. The van der Waals surface area contributed by atoms with Crippen LogP contribution in [-0.4, -0.2) is 78.0 Å². The minimum Gasteiger partial charge on any atom is -0.385 e. The number of pyridine rings is 1. The lowest BCUT2D eigenvalue weighted by molar-refractivity contribution is 0.00183. The van der Waals surface area contributed by atoms with Crippen LogP contribution in [0.1, 0.15) is 49.4 Å². The van der Waals surface area contributed by atoms with Crippen molar-refractivity contribution in [3.05, 3.63) is 71.3 Å². The molecular formula is C31H39F2N7O4S. The van der Waals surface area contributed by atoms with Gasteiger partial charge in [0, 0.05) is 37.5 Å². The summed E-state index contributed by atoms with van der Waals surface area (Å²) in [5.41, 5.74) is 6.60. The molecule has 1 saturated heterocycles. The fourth-order valence-corrected chi connectivity index (χ4v) is 6.50. The van der Waals surface area contributed by atoms with Crippen molar-refractivity contribution in [2.24, 2.45) is 11.7 Å². The van der Waals surface area contributed by atoms with E-state index in [1.54, 1.807) is 12.4 Å². The fourth-order valence-electron chi connectivity index (χ4n) is 6.10. The molecule has 0 radical (unpaired) electrons. The summed E-state index contributed by atoms with van der Waals surface area (Å²) >= 11 is 0. The molecule has 1 saturated carbocycles. The normalized spacial score (nSPS) is 21.8. The van der Waals surface area contributed by atoms with Crippen molar-refractivity contribution in [1.82, 2.24) is 15.0 Å². The number of anilines is 3. The van der Waals surface area contributed by atoms with Gasteiger partial charge in [0.2, 0.25) is 5.95 Å². The van der Waals surface area contributed by atoms with Gasteiger partial charge in [0.25, 0.3) is 0 Å². The molecule has 3 aromatic rings. The molecule has 0 spiro atoms. The summed E-state index contributed by atoms with van der Waals surface area (Å²) in [5, 5.41) is 22.2. The number of piperidine rings is 1. The number of benzene rings is 1. The fraction of sp³-hybridized carbons (Fsp3) is 0.452. The van der Waals surface area contributed by atoms with Gasteiger partial charge in [0.05, 0.1) is 64.8 Å². The predicted octanol–water partition coefficient (Wildman–Crippen LogP) is 3.88. The van der Waals surface area contributed by atoms with Crippen LogP contribution < -0.4 is 16.0 Å². The van der Waals surface area contributed by atoms with Crippen LogP contribution in [0, 0.1) is 23.0 Å². The molecule has 2 fully saturated rings. The molecule has 2 aromatic heterocycles. The third-order valence-electron chi connectivity index (χ3n) is 8.38. The Bertz CT molecular complexity index is 1640. The van der Waals surface area contributed by atoms with Crippen molar-refractivity contribution >= 4 is 38.9 Å². The minimum absolute atomic E-state index is 0.0309. The monoisotopic (exact) mass is 643 g/mol. The van der Waals surface area contributed by atoms with Crippen molar-refractivity contribution in [2.45, 2.75) is 50.4 Å². The lowest BCUT2D eigenvalue weighted by atomic mass is 9.90. The number of H-pyrrole nitrogens is 1. The van der Waals surface area contributed by atoms with Gasteiger partial charge in [0.1, 0.15) is 21.5 Å². The number of rotatable bonds is 11. The van der Waals surface area contributed by atoms with E-state index in [9.17, 15) is 22.3 Å². The molecule has 1 aliphatic heterocycles. The first kappa shape index (κ1) is 32.7. The van der Waals surface area contributed by atoms with Crippen LogP contribution in [0.5, 0.6) is 0 Å². The number of nitrogens with two attached hydrogens (primary N) is 1. The molecule has 6 N–H and O–H groups in total. The molecule has 11 nitrogen and oxygen atoms in total. The largest absolute Gasteiger partial charge is 0.385 e. The van der Waals surface area contributed by atoms with Gasteiger partial charge < -0.3 is 36.2 Å². The lowest BCUT2D eigenvalue weighted by Crippen LogP contribution is -2.57. The SMILES string of the molecule is CC1CN(c2ccncc2Nc2ncc(/C=C\C(=N)c3c(F)cc(C4(O)CCCC4)cc3F)[nH]2)CC(N)C1OCCS(C)(=O)=O. The van der Waals surface area contributed by atoms with Gasteiger partial charge in [0.15, 0.2) is 0 Å². The van der Waals surface area contributed by atoms with Crippen molar-refractivity contribution in [3.8, 4) is 0 Å². The highest BCUT2D eigenvalue weighted by atomic mass is 32.2. The Morgan fingerprint density at radius 2 is 1.98 bits per heavy atom. The molecule has 0 amide bonds. The topological polar surface area (TPSA) is 170 Å². The molecule has 3 unspecified atom stereocenters. The highest BCUT2D eigenvalue weighted by Gasteiger charge is 2.35. The van der Waals surface area contributed by atoms with Crippen molar-refractivity contribution in [2.75, 3.05) is 41.9 Å². The van der Waals surface area contributed by atoms with Crippen LogP contribution in [0.15, 0.2) is 42.9 Å². The van der Waals surface area contributed by atoms with Gasteiger partial charge in [-0.3, -0.25) is 4.98 Å². The summed E-state index contributed by atoms with van der Waals surface area (Å²) in [6.45, 7) is 3.21. The number of allylic oxidation sites excluding steroid dienone is 1. The minimum atomic E-state index is -3.13. The molecule has 3 heterocycles. The zero-order valence-corrected chi connectivity index (χ0v) is 26.1. The summed E-state index contributed by atoms with van der Waals surface area (Å²) < 4.78 is 58.6. The van der Waals surface area contributed by atoms with Crippen LogP contribution in [-0.2, 0) is 20.2 Å². The number of aromatic nitrogens is 3. The maximum absolute atomic E-state index is 14.9. The number of imidazole rings is 1. The molecule has 3 atom stereocenters. The van der Waals surface area contributed by atoms with Gasteiger partial charge in [-0.05, 0) is 48.8 Å². The molecule has 2 aliphatic rings. The van der Waals surface area contributed by atoms with Gasteiger partial charge in [-0.1, -0.05) is 19.8 Å². The Hall–Kier alpha value is -3.72. The number of halogens is 2. The Kier molecular flexibility index (Phi) is 9.68. The highest BCUT2D eigenvalue weighted by Crippen LogP contribution is 2.39. The molecule has 14 heteroatoms. The molecule has 242 valence electrons. The maximum Gasteiger partial charge on any atom is 0.205 e. The second-order valence-electron chi connectivity index (χ2n) is 12.0. The Balaban J connectivity index is 1.24. The Morgan fingerprint density at radius 1 is 1.27 bits per heavy atom. The molecule has 5 rings (SSSR count). The first-order chi connectivity index (χ1) is 21.3. The summed E-state index contributed by atoms with van der Waals surface area (Å²) in [6.07, 6.45) is 11.0. The Morgan fingerprint density at radius 3 is 2.64 bits per heavy atom. The first-order valence-electron chi connectivity index (χ1n) is 14.9. The second-order valence-corrected chi connectivity index (χ2v) is 14.3. The van der Waals surface area contributed by atoms with Gasteiger partial charge in [-0.2, -0.15) is 0 Å². The van der Waals surface area contributed by atoms with Crippen LogP contribution in [0.4, 0.5) is 26.1 Å². The number of hydrogen-bond donors (Lipinski definition) is 5. The molecule has 45 heavy (non-hydrogen) atoms. The predicted molar refractivity (Wildman–Crippen MR) is 169 cm³/mol. The van der Waals surface area contributed by atoms with Gasteiger partial charge >= 0.3 is 0 Å². The van der Waals surface area contributed by atoms with Crippen LogP contribution in [0.2, 0.25) is 0 Å².